The molecule has 78 valence electrons. The van der Waals surface area contributed by atoms with E-state index in [1.807, 2.05) is 0 Å². The molecule has 1 unspecified atom stereocenters. The quantitative estimate of drug-likeness (QED) is 0.630. The van der Waals surface area contributed by atoms with Crippen molar-refractivity contribution in [1.29, 1.82) is 0 Å². The van der Waals surface area contributed by atoms with Gasteiger partial charge in [-0.05, 0) is 21.1 Å². The van der Waals surface area contributed by atoms with Crippen LogP contribution in [-0.2, 0) is 13.9 Å². The SMILES string of the molecule is COP(=O)(N(C)C)N(C)CC(N)=O. The highest BCUT2D eigenvalue weighted by atomic mass is 31.2. The Morgan fingerprint density at radius 1 is 1.46 bits per heavy atom. The van der Waals surface area contributed by atoms with Gasteiger partial charge in [-0.25, -0.2) is 9.34 Å². The smallest absolute Gasteiger partial charge is 0.345 e. The summed E-state index contributed by atoms with van der Waals surface area (Å²) in [5.41, 5.74) is 4.97. The molecule has 13 heavy (non-hydrogen) atoms. The average molecular weight is 209 g/mol. The van der Waals surface area contributed by atoms with Crippen molar-refractivity contribution in [2.24, 2.45) is 5.73 Å². The summed E-state index contributed by atoms with van der Waals surface area (Å²) >= 11 is 0. The Bertz CT molecular complexity index is 231. The second-order valence-corrected chi connectivity index (χ2v) is 5.63. The van der Waals surface area contributed by atoms with Crippen LogP contribution in [0.2, 0.25) is 0 Å². The lowest BCUT2D eigenvalue weighted by Crippen LogP contribution is -2.32. The zero-order valence-corrected chi connectivity index (χ0v) is 9.25. The Kier molecular flexibility index (Phi) is 4.56. The van der Waals surface area contributed by atoms with Crippen LogP contribution in [-0.4, -0.2) is 50.0 Å². The molecule has 0 aromatic rings. The van der Waals surface area contributed by atoms with Gasteiger partial charge in [0, 0.05) is 7.11 Å². The van der Waals surface area contributed by atoms with Crippen molar-refractivity contribution < 1.29 is 13.9 Å². The van der Waals surface area contributed by atoms with E-state index in [0.29, 0.717) is 0 Å². The molecule has 0 aliphatic heterocycles. The first-order valence-corrected chi connectivity index (χ1v) is 5.21. The minimum Gasteiger partial charge on any atom is -0.369 e. The molecule has 0 saturated carbocycles. The molecule has 0 spiro atoms. The van der Waals surface area contributed by atoms with Crippen LogP contribution in [0.4, 0.5) is 0 Å². The van der Waals surface area contributed by atoms with E-state index in [9.17, 15) is 9.36 Å². The van der Waals surface area contributed by atoms with Gasteiger partial charge in [0.05, 0.1) is 6.54 Å². The van der Waals surface area contributed by atoms with E-state index < -0.39 is 13.6 Å². The molecule has 0 saturated heterocycles. The van der Waals surface area contributed by atoms with Crippen LogP contribution in [0, 0.1) is 0 Å². The summed E-state index contributed by atoms with van der Waals surface area (Å²) in [5.74, 6) is -0.540. The molecule has 0 radical (unpaired) electrons. The Labute approximate surface area is 78.2 Å². The summed E-state index contributed by atoms with van der Waals surface area (Å²) in [6.45, 7) is -0.0940. The number of hydrogen-bond donors (Lipinski definition) is 1. The molecule has 0 aromatic carbocycles. The molecule has 0 aliphatic carbocycles. The van der Waals surface area contributed by atoms with Crippen LogP contribution in [0.5, 0.6) is 0 Å². The molecule has 0 aliphatic rings. The maximum absolute atomic E-state index is 11.9. The van der Waals surface area contributed by atoms with Gasteiger partial charge in [-0.1, -0.05) is 0 Å². The van der Waals surface area contributed by atoms with Gasteiger partial charge < -0.3 is 10.3 Å². The molecular weight excluding hydrogens is 193 g/mol. The van der Waals surface area contributed by atoms with Crippen molar-refractivity contribution in [1.82, 2.24) is 9.34 Å². The first kappa shape index (κ1) is 12.6. The van der Waals surface area contributed by atoms with Crippen LogP contribution in [0.1, 0.15) is 0 Å². The number of likely N-dealkylation sites (N-methyl/N-ethyl adjacent to an activating group) is 1. The third kappa shape index (κ3) is 3.08. The van der Waals surface area contributed by atoms with Crippen LogP contribution < -0.4 is 5.73 Å². The maximum atomic E-state index is 11.9. The Balaban J connectivity index is 4.57. The highest BCUT2D eigenvalue weighted by molar-refractivity contribution is 7.53. The van der Waals surface area contributed by atoms with Crippen molar-refractivity contribution >= 4 is 13.6 Å². The monoisotopic (exact) mass is 209 g/mol. The molecule has 0 aromatic heterocycles. The van der Waals surface area contributed by atoms with E-state index in [1.54, 1.807) is 14.1 Å². The summed E-state index contributed by atoms with van der Waals surface area (Å²) in [5, 5.41) is 0. The summed E-state index contributed by atoms with van der Waals surface area (Å²) < 4.78 is 19.5. The van der Waals surface area contributed by atoms with Gasteiger partial charge in [-0.2, -0.15) is 0 Å². The Morgan fingerprint density at radius 2 is 1.92 bits per heavy atom. The molecule has 0 rings (SSSR count). The molecule has 0 fully saturated rings. The summed E-state index contributed by atoms with van der Waals surface area (Å²) in [6.07, 6.45) is 0. The average Bonchev–Trinajstić information content (AvgIpc) is 2.01. The van der Waals surface area contributed by atoms with Crippen molar-refractivity contribution in [3.8, 4) is 0 Å². The van der Waals surface area contributed by atoms with Gasteiger partial charge in [0.15, 0.2) is 0 Å². The highest BCUT2D eigenvalue weighted by Gasteiger charge is 2.31. The zero-order chi connectivity index (χ0) is 10.6. The van der Waals surface area contributed by atoms with E-state index in [-0.39, 0.29) is 6.54 Å². The second kappa shape index (κ2) is 4.72. The van der Waals surface area contributed by atoms with Crippen molar-refractivity contribution in [2.45, 2.75) is 0 Å². The number of carbonyl (C=O) groups is 1. The number of rotatable bonds is 5. The van der Waals surface area contributed by atoms with Gasteiger partial charge in [-0.15, -0.1) is 0 Å². The van der Waals surface area contributed by atoms with E-state index in [1.165, 1.54) is 23.5 Å². The first-order valence-electron chi connectivity index (χ1n) is 3.68. The van der Waals surface area contributed by atoms with Gasteiger partial charge in [0.25, 0.3) is 0 Å². The first-order chi connectivity index (χ1) is 5.84. The summed E-state index contributed by atoms with van der Waals surface area (Å²) in [6, 6.07) is 0. The van der Waals surface area contributed by atoms with Gasteiger partial charge in [0.1, 0.15) is 0 Å². The van der Waals surface area contributed by atoms with Crippen LogP contribution in [0.3, 0.4) is 0 Å². The van der Waals surface area contributed by atoms with Crippen LogP contribution in [0.15, 0.2) is 0 Å². The molecule has 0 heterocycles. The number of amides is 1. The molecule has 1 atom stereocenters. The molecule has 7 heteroatoms. The van der Waals surface area contributed by atoms with Crippen LogP contribution >= 0.6 is 7.67 Å². The number of nitrogens with two attached hydrogens (primary N) is 1. The van der Waals surface area contributed by atoms with Gasteiger partial charge in [-0.3, -0.25) is 9.36 Å². The molecule has 6 nitrogen and oxygen atoms in total. The minimum absolute atomic E-state index is 0.0940. The summed E-state index contributed by atoms with van der Waals surface area (Å²) in [7, 11) is 3.03. The maximum Gasteiger partial charge on any atom is 0.345 e. The summed E-state index contributed by atoms with van der Waals surface area (Å²) in [4.78, 5) is 10.6. The molecule has 0 bridgehead atoms. The normalized spacial score (nSPS) is 16.2. The standard InChI is InChI=1S/C6H16N3O3P/c1-8(2)13(11,12-4)9(3)5-6(7)10/h5H2,1-4H3,(H2,7,10). The third-order valence-corrected chi connectivity index (χ3v) is 4.05. The number of carbonyl (C=O) groups excluding carboxylic acids is 1. The fourth-order valence-electron chi connectivity index (χ4n) is 0.923. The molecule has 2 N–H and O–H groups in total. The lowest BCUT2D eigenvalue weighted by Gasteiger charge is -2.29. The minimum atomic E-state index is -3.05. The fourth-order valence-corrected chi connectivity index (χ4v) is 2.46. The lowest BCUT2D eigenvalue weighted by atomic mass is 10.6. The van der Waals surface area contributed by atoms with Crippen molar-refractivity contribution in [2.75, 3.05) is 34.8 Å². The van der Waals surface area contributed by atoms with E-state index >= 15 is 0 Å². The zero-order valence-electron chi connectivity index (χ0n) is 8.35. The topological polar surface area (TPSA) is 75.9 Å². The molecule has 1 amide bonds. The van der Waals surface area contributed by atoms with Crippen LogP contribution in [0.25, 0.3) is 0 Å². The van der Waals surface area contributed by atoms with Gasteiger partial charge >= 0.3 is 7.67 Å². The Hall–Kier alpha value is -0.420. The molecular formula is C6H16N3O3P. The third-order valence-electron chi connectivity index (χ3n) is 1.56. The lowest BCUT2D eigenvalue weighted by molar-refractivity contribution is -0.118. The largest absolute Gasteiger partial charge is 0.369 e. The number of hydrogen-bond acceptors (Lipinski definition) is 3. The number of primary amides is 1. The van der Waals surface area contributed by atoms with E-state index in [4.69, 9.17) is 10.3 Å². The predicted octanol–water partition coefficient (Wildman–Crippen LogP) is -0.280. The van der Waals surface area contributed by atoms with Crippen molar-refractivity contribution in [3.63, 3.8) is 0 Å². The highest BCUT2D eigenvalue weighted by Crippen LogP contribution is 2.50. The van der Waals surface area contributed by atoms with E-state index in [2.05, 4.69) is 0 Å². The number of nitrogens with zero attached hydrogens (tertiary/aromatic N) is 2. The van der Waals surface area contributed by atoms with Crippen molar-refractivity contribution in [3.05, 3.63) is 0 Å². The Morgan fingerprint density at radius 3 is 2.15 bits per heavy atom. The predicted molar refractivity (Wildman–Crippen MR) is 50.1 cm³/mol. The fraction of sp³-hybridized carbons (Fsp3) is 0.833. The van der Waals surface area contributed by atoms with E-state index in [0.717, 1.165) is 0 Å². The second-order valence-electron chi connectivity index (χ2n) is 2.80. The van der Waals surface area contributed by atoms with Gasteiger partial charge in [0.2, 0.25) is 5.91 Å².